The largest absolute Gasteiger partial charge is 0.351 e. The maximum Gasteiger partial charge on any atom is 0.224 e. The summed E-state index contributed by atoms with van der Waals surface area (Å²) in [5.74, 6) is 1.31. The molecule has 0 amide bonds. The zero-order valence-corrected chi connectivity index (χ0v) is 10.9. The number of nitriles is 1. The number of aromatic nitrogens is 2. The lowest BCUT2D eigenvalue weighted by atomic mass is 9.83. The second-order valence-corrected chi connectivity index (χ2v) is 4.93. The molecule has 1 N–H and O–H groups in total. The van der Waals surface area contributed by atoms with Crippen LogP contribution >= 0.6 is 0 Å². The third-order valence-electron chi connectivity index (χ3n) is 3.74. The van der Waals surface area contributed by atoms with Crippen LogP contribution in [0.4, 0.5) is 5.95 Å². The number of nitrogens with zero attached hydrogens (tertiary/aromatic N) is 3. The Morgan fingerprint density at radius 1 is 1.44 bits per heavy atom. The van der Waals surface area contributed by atoms with Crippen LogP contribution in [0.3, 0.4) is 0 Å². The fraction of sp³-hybridized carbons (Fsp3) is 0.643. The van der Waals surface area contributed by atoms with Crippen molar-refractivity contribution in [2.45, 2.75) is 51.5 Å². The van der Waals surface area contributed by atoms with Gasteiger partial charge in [-0.2, -0.15) is 5.26 Å². The molecule has 1 saturated carbocycles. The average Bonchev–Trinajstić information content (AvgIpc) is 2.46. The molecule has 1 aliphatic rings. The summed E-state index contributed by atoms with van der Waals surface area (Å²) in [6, 6.07) is 4.11. The standard InChI is InChI=1S/C14H20N4/c1-2-13(11-6-4-3-5-7-11)18-14-16-9-8-12(10-15)17-14/h8-9,11,13H,2-7H2,1H3,(H,16,17,18). The first-order chi connectivity index (χ1) is 8.83. The van der Waals surface area contributed by atoms with Crippen molar-refractivity contribution in [1.29, 1.82) is 5.26 Å². The minimum Gasteiger partial charge on any atom is -0.351 e. The van der Waals surface area contributed by atoms with Crippen LogP contribution in [0.25, 0.3) is 0 Å². The number of nitrogens with one attached hydrogen (secondary N) is 1. The van der Waals surface area contributed by atoms with Gasteiger partial charge in [0.1, 0.15) is 11.8 Å². The predicted octanol–water partition coefficient (Wildman–Crippen LogP) is 3.12. The minimum atomic E-state index is 0.422. The lowest BCUT2D eigenvalue weighted by Gasteiger charge is -2.30. The Balaban J connectivity index is 2.02. The first kappa shape index (κ1) is 12.8. The van der Waals surface area contributed by atoms with E-state index in [2.05, 4.69) is 22.2 Å². The van der Waals surface area contributed by atoms with E-state index in [1.165, 1.54) is 32.1 Å². The van der Waals surface area contributed by atoms with Gasteiger partial charge in [-0.1, -0.05) is 26.2 Å². The predicted molar refractivity (Wildman–Crippen MR) is 71.0 cm³/mol. The first-order valence-electron chi connectivity index (χ1n) is 6.83. The third-order valence-corrected chi connectivity index (χ3v) is 3.74. The van der Waals surface area contributed by atoms with Gasteiger partial charge in [-0.3, -0.25) is 0 Å². The molecule has 1 aliphatic carbocycles. The molecule has 0 aromatic carbocycles. The molecule has 0 spiro atoms. The summed E-state index contributed by atoms with van der Waals surface area (Å²) in [6.45, 7) is 2.19. The Kier molecular flexibility index (Phi) is 4.52. The molecule has 1 aromatic heterocycles. The summed E-state index contributed by atoms with van der Waals surface area (Å²) < 4.78 is 0. The SMILES string of the molecule is CCC(Nc1nccc(C#N)n1)C1CCCCC1. The molecular weight excluding hydrogens is 224 g/mol. The van der Waals surface area contributed by atoms with E-state index in [0.717, 1.165) is 12.3 Å². The van der Waals surface area contributed by atoms with Gasteiger partial charge in [0, 0.05) is 12.2 Å². The summed E-state index contributed by atoms with van der Waals surface area (Å²) in [5.41, 5.74) is 0.422. The summed E-state index contributed by atoms with van der Waals surface area (Å²) >= 11 is 0. The molecule has 1 unspecified atom stereocenters. The van der Waals surface area contributed by atoms with Crippen molar-refractivity contribution in [3.05, 3.63) is 18.0 Å². The van der Waals surface area contributed by atoms with E-state index >= 15 is 0 Å². The second kappa shape index (κ2) is 6.34. The number of rotatable bonds is 4. The van der Waals surface area contributed by atoms with Gasteiger partial charge in [0.25, 0.3) is 0 Å². The van der Waals surface area contributed by atoms with Gasteiger partial charge in [0.15, 0.2) is 0 Å². The smallest absolute Gasteiger partial charge is 0.224 e. The summed E-state index contributed by atoms with van der Waals surface area (Å²) in [5, 5.41) is 12.2. The van der Waals surface area contributed by atoms with Gasteiger partial charge in [0.05, 0.1) is 0 Å². The Morgan fingerprint density at radius 3 is 2.89 bits per heavy atom. The highest BCUT2D eigenvalue weighted by Crippen LogP contribution is 2.28. The van der Waals surface area contributed by atoms with E-state index in [1.807, 2.05) is 6.07 Å². The normalized spacial score (nSPS) is 18.0. The monoisotopic (exact) mass is 244 g/mol. The molecule has 1 atom stereocenters. The zero-order chi connectivity index (χ0) is 12.8. The lowest BCUT2D eigenvalue weighted by molar-refractivity contribution is 0.312. The molecule has 2 rings (SSSR count). The Morgan fingerprint density at radius 2 is 2.22 bits per heavy atom. The molecule has 0 aliphatic heterocycles. The van der Waals surface area contributed by atoms with Crippen molar-refractivity contribution >= 4 is 5.95 Å². The van der Waals surface area contributed by atoms with Crippen molar-refractivity contribution in [3.63, 3.8) is 0 Å². The molecule has 0 bridgehead atoms. The minimum absolute atomic E-state index is 0.422. The van der Waals surface area contributed by atoms with Crippen molar-refractivity contribution in [1.82, 2.24) is 9.97 Å². The number of anilines is 1. The quantitative estimate of drug-likeness (QED) is 0.884. The van der Waals surface area contributed by atoms with Crippen LogP contribution in [-0.2, 0) is 0 Å². The van der Waals surface area contributed by atoms with E-state index < -0.39 is 0 Å². The van der Waals surface area contributed by atoms with Crippen LogP contribution in [0.15, 0.2) is 12.3 Å². The highest BCUT2D eigenvalue weighted by molar-refractivity contribution is 5.31. The molecule has 0 saturated heterocycles. The molecular formula is C14H20N4. The van der Waals surface area contributed by atoms with Crippen LogP contribution in [0.5, 0.6) is 0 Å². The highest BCUT2D eigenvalue weighted by Gasteiger charge is 2.22. The topological polar surface area (TPSA) is 61.6 Å². The second-order valence-electron chi connectivity index (χ2n) is 4.93. The average molecular weight is 244 g/mol. The van der Waals surface area contributed by atoms with Gasteiger partial charge < -0.3 is 5.32 Å². The van der Waals surface area contributed by atoms with Crippen molar-refractivity contribution in [2.75, 3.05) is 5.32 Å². The van der Waals surface area contributed by atoms with Crippen molar-refractivity contribution < 1.29 is 0 Å². The number of hydrogen-bond donors (Lipinski definition) is 1. The van der Waals surface area contributed by atoms with E-state index in [-0.39, 0.29) is 0 Å². The van der Waals surface area contributed by atoms with Crippen LogP contribution in [0.1, 0.15) is 51.1 Å². The molecule has 0 radical (unpaired) electrons. The Hall–Kier alpha value is -1.63. The fourth-order valence-electron chi connectivity index (χ4n) is 2.75. The van der Waals surface area contributed by atoms with E-state index in [0.29, 0.717) is 17.7 Å². The van der Waals surface area contributed by atoms with E-state index in [4.69, 9.17) is 5.26 Å². The molecule has 1 aromatic rings. The Labute approximate surface area is 108 Å². The van der Waals surface area contributed by atoms with Gasteiger partial charge in [-0.15, -0.1) is 0 Å². The Bertz CT molecular complexity index is 418. The van der Waals surface area contributed by atoms with Crippen molar-refractivity contribution in [2.24, 2.45) is 5.92 Å². The van der Waals surface area contributed by atoms with Crippen LogP contribution in [-0.4, -0.2) is 16.0 Å². The maximum atomic E-state index is 8.83. The highest BCUT2D eigenvalue weighted by atomic mass is 15.1. The van der Waals surface area contributed by atoms with Crippen LogP contribution < -0.4 is 5.32 Å². The lowest BCUT2D eigenvalue weighted by Crippen LogP contribution is -2.30. The maximum absolute atomic E-state index is 8.83. The van der Waals surface area contributed by atoms with E-state index in [9.17, 15) is 0 Å². The molecule has 96 valence electrons. The van der Waals surface area contributed by atoms with Gasteiger partial charge in [0.2, 0.25) is 5.95 Å². The first-order valence-corrected chi connectivity index (χ1v) is 6.83. The molecule has 1 heterocycles. The molecule has 4 heteroatoms. The van der Waals surface area contributed by atoms with Gasteiger partial charge in [-0.05, 0) is 31.2 Å². The van der Waals surface area contributed by atoms with E-state index in [1.54, 1.807) is 12.3 Å². The van der Waals surface area contributed by atoms with Crippen LogP contribution in [0, 0.1) is 17.2 Å². The fourth-order valence-corrected chi connectivity index (χ4v) is 2.75. The van der Waals surface area contributed by atoms with Gasteiger partial charge in [-0.25, -0.2) is 9.97 Å². The molecule has 18 heavy (non-hydrogen) atoms. The van der Waals surface area contributed by atoms with Gasteiger partial charge >= 0.3 is 0 Å². The summed E-state index contributed by atoms with van der Waals surface area (Å²) in [7, 11) is 0. The third kappa shape index (κ3) is 3.19. The number of hydrogen-bond acceptors (Lipinski definition) is 4. The van der Waals surface area contributed by atoms with Crippen molar-refractivity contribution in [3.8, 4) is 6.07 Å². The summed E-state index contributed by atoms with van der Waals surface area (Å²) in [6.07, 6.45) is 9.34. The summed E-state index contributed by atoms with van der Waals surface area (Å²) in [4.78, 5) is 8.39. The van der Waals surface area contributed by atoms with Crippen LogP contribution in [0.2, 0.25) is 0 Å². The molecule has 4 nitrogen and oxygen atoms in total. The zero-order valence-electron chi connectivity index (χ0n) is 10.9. The molecule has 1 fully saturated rings.